The van der Waals surface area contributed by atoms with Gasteiger partial charge in [-0.05, 0) is 0 Å². The first-order chi connectivity index (χ1) is 17.5. The monoisotopic (exact) mass is 549 g/mol. The van der Waals surface area contributed by atoms with Crippen LogP contribution in [0.2, 0.25) is 0 Å². The van der Waals surface area contributed by atoms with Crippen LogP contribution < -0.4 is 0 Å². The Bertz CT molecular complexity index is 1490. The number of benzene rings is 2. The molecule has 4 fully saturated rings. The molecule has 0 N–H and O–H groups in total. The van der Waals surface area contributed by atoms with E-state index in [4.69, 9.17) is 0 Å². The fourth-order valence-electron chi connectivity index (χ4n) is 9.80. The maximum absolute atomic E-state index is 2.81. The molecule has 36 heavy (non-hydrogen) atoms. The molecule has 1 atom stereocenters. The molecule has 182 valence electrons. The molecule has 1 unspecified atom stereocenters. The Balaban J connectivity index is 1.27. The number of hydrogen-bond acceptors (Lipinski definition) is 0. The van der Waals surface area contributed by atoms with Gasteiger partial charge in [0.15, 0.2) is 0 Å². The predicted octanol–water partition coefficient (Wildman–Crippen LogP) is 8.51. The number of para-hydroxylation sites is 1. The standard InChI is InChI=1S/C16H12N.C15H19.C3H6.Zr/c1-17-15-9-5-4-8-13(15)14-10-11-6-2-3-7-12(11)16(14)17;1-2-4-14(3-1)15-8-11-5-12(9-15)7-13(6-11)10-15;1-3-2;/h2-10H,1H3;3-4,11-13H,1,5-10H2;1-2H3;. The van der Waals surface area contributed by atoms with Gasteiger partial charge in [-0.2, -0.15) is 0 Å². The van der Waals surface area contributed by atoms with Crippen LogP contribution in [-0.4, -0.2) is 7.77 Å². The van der Waals surface area contributed by atoms with Crippen molar-refractivity contribution in [1.29, 1.82) is 0 Å². The Hall–Kier alpha value is -1.79. The van der Waals surface area contributed by atoms with E-state index in [2.05, 4.69) is 86.1 Å². The van der Waals surface area contributed by atoms with Crippen molar-refractivity contribution >= 4 is 14.1 Å². The van der Waals surface area contributed by atoms with Crippen molar-refractivity contribution in [1.82, 2.24) is 4.57 Å². The Kier molecular flexibility index (Phi) is 4.85. The van der Waals surface area contributed by atoms with Crippen molar-refractivity contribution in [3.8, 4) is 11.3 Å². The van der Waals surface area contributed by atoms with Crippen LogP contribution in [0.1, 0.15) is 73.5 Å². The van der Waals surface area contributed by atoms with Crippen LogP contribution in [0.5, 0.6) is 0 Å². The fraction of sp³-hybridized carbons (Fsp3) is 0.441. The third-order valence-corrected chi connectivity index (χ3v) is 18.8. The predicted molar refractivity (Wildman–Crippen MR) is 148 cm³/mol. The summed E-state index contributed by atoms with van der Waals surface area (Å²) in [7, 11) is 2.29. The van der Waals surface area contributed by atoms with Crippen LogP contribution in [0, 0.1) is 23.2 Å². The van der Waals surface area contributed by atoms with Gasteiger partial charge in [-0.1, -0.05) is 0 Å². The fourth-order valence-corrected chi connectivity index (χ4v) is 18.1. The van der Waals surface area contributed by atoms with E-state index in [1.165, 1.54) is 67.1 Å². The van der Waals surface area contributed by atoms with Crippen molar-refractivity contribution in [2.45, 2.75) is 62.4 Å². The molecule has 0 spiro atoms. The van der Waals surface area contributed by atoms with Gasteiger partial charge >= 0.3 is 224 Å². The van der Waals surface area contributed by atoms with Gasteiger partial charge in [-0.15, -0.1) is 0 Å². The maximum atomic E-state index is 2.81. The molecule has 6 aliphatic carbocycles. The van der Waals surface area contributed by atoms with Gasteiger partial charge in [0.1, 0.15) is 0 Å². The summed E-state index contributed by atoms with van der Waals surface area (Å²) < 4.78 is 6.70. The Morgan fingerprint density at radius 1 is 0.889 bits per heavy atom. The minimum absolute atomic E-state index is 0.532. The van der Waals surface area contributed by atoms with E-state index in [0.717, 1.165) is 17.8 Å². The van der Waals surface area contributed by atoms with E-state index in [1.54, 1.807) is 19.9 Å². The summed E-state index contributed by atoms with van der Waals surface area (Å²) in [5, 5.41) is 1.49. The molecule has 2 aromatic carbocycles. The van der Waals surface area contributed by atoms with Crippen LogP contribution in [0.25, 0.3) is 22.2 Å². The molecule has 9 rings (SSSR count). The van der Waals surface area contributed by atoms with Gasteiger partial charge in [0.2, 0.25) is 0 Å². The zero-order valence-corrected chi connectivity index (χ0v) is 24.4. The van der Waals surface area contributed by atoms with Crippen LogP contribution in [-0.2, 0) is 28.3 Å². The van der Waals surface area contributed by atoms with Crippen molar-refractivity contribution < 1.29 is 21.3 Å². The average molecular weight is 551 g/mol. The molecule has 4 bridgehead atoms. The van der Waals surface area contributed by atoms with E-state index in [1.807, 2.05) is 3.28 Å². The number of aryl methyl sites for hydroxylation is 1. The van der Waals surface area contributed by atoms with Gasteiger partial charge in [0.05, 0.1) is 0 Å². The van der Waals surface area contributed by atoms with Crippen molar-refractivity contribution in [3.05, 3.63) is 80.7 Å². The Labute approximate surface area is 223 Å². The number of allylic oxidation sites excluding steroid dienone is 4. The van der Waals surface area contributed by atoms with Crippen LogP contribution in [0.15, 0.2) is 69.5 Å². The molecule has 1 nitrogen and oxygen atoms in total. The van der Waals surface area contributed by atoms with E-state index >= 15 is 0 Å². The number of rotatable bonds is 3. The summed E-state index contributed by atoms with van der Waals surface area (Å²) in [5.74, 6) is 3.06. The summed E-state index contributed by atoms with van der Waals surface area (Å²) in [6.45, 7) is 4.95. The quantitative estimate of drug-likeness (QED) is 0.308. The van der Waals surface area contributed by atoms with E-state index in [-0.39, 0.29) is 0 Å². The molecule has 0 aliphatic heterocycles. The zero-order chi connectivity index (χ0) is 24.2. The second kappa shape index (κ2) is 7.86. The second-order valence-electron chi connectivity index (χ2n) is 13.0. The molecule has 0 saturated heterocycles. The van der Waals surface area contributed by atoms with Gasteiger partial charge in [0.25, 0.3) is 0 Å². The van der Waals surface area contributed by atoms with Gasteiger partial charge in [0, 0.05) is 0 Å². The SMILES string of the molecule is C[C](C)=[Zr]([C]1=CC(C23CC4CC(CC(C4)C2)C3)=CC1)[CH]1c2ccccc2-c2c1c1ccccc1n2C. The Morgan fingerprint density at radius 3 is 2.28 bits per heavy atom. The zero-order valence-electron chi connectivity index (χ0n) is 22.0. The molecule has 6 aliphatic rings. The molecule has 2 heteroatoms. The first-order valence-corrected chi connectivity index (χ1v) is 18.2. The van der Waals surface area contributed by atoms with Crippen LogP contribution in [0.4, 0.5) is 0 Å². The molecule has 0 radical (unpaired) electrons. The summed E-state index contributed by atoms with van der Waals surface area (Å²) in [6, 6.07) is 18.5. The number of hydrogen-bond donors (Lipinski definition) is 0. The third kappa shape index (κ3) is 3.00. The number of nitrogens with zero attached hydrogens (tertiary/aromatic N) is 1. The molecule has 0 amide bonds. The molecule has 4 saturated carbocycles. The molecular formula is C34H37NZr. The van der Waals surface area contributed by atoms with Crippen molar-refractivity contribution in [2.24, 2.45) is 30.2 Å². The number of aromatic nitrogens is 1. The molecular weight excluding hydrogens is 514 g/mol. The summed E-state index contributed by atoms with van der Waals surface area (Å²) >= 11 is -2.18. The van der Waals surface area contributed by atoms with E-state index in [0.29, 0.717) is 9.04 Å². The average Bonchev–Trinajstić information content (AvgIpc) is 3.54. The van der Waals surface area contributed by atoms with Crippen molar-refractivity contribution in [3.63, 3.8) is 0 Å². The minimum atomic E-state index is -2.18. The van der Waals surface area contributed by atoms with Crippen LogP contribution >= 0.6 is 0 Å². The van der Waals surface area contributed by atoms with E-state index < -0.39 is 21.3 Å². The number of fused-ring (bicyclic) bond motifs is 5. The van der Waals surface area contributed by atoms with Gasteiger partial charge in [-0.3, -0.25) is 0 Å². The third-order valence-electron chi connectivity index (χ3n) is 10.7. The first kappa shape index (κ1) is 22.2. The normalized spacial score (nSPS) is 31.4. The molecule has 1 heterocycles. The Morgan fingerprint density at radius 2 is 1.56 bits per heavy atom. The van der Waals surface area contributed by atoms with Gasteiger partial charge < -0.3 is 0 Å². The summed E-state index contributed by atoms with van der Waals surface area (Å²) in [5.41, 5.74) is 9.95. The summed E-state index contributed by atoms with van der Waals surface area (Å²) in [4.78, 5) is 0. The first-order valence-electron chi connectivity index (χ1n) is 14.3. The van der Waals surface area contributed by atoms with Crippen LogP contribution in [0.3, 0.4) is 0 Å². The van der Waals surface area contributed by atoms with Gasteiger partial charge in [-0.25, -0.2) is 0 Å². The second-order valence-corrected chi connectivity index (χ2v) is 20.5. The summed E-state index contributed by atoms with van der Waals surface area (Å²) in [6.07, 6.45) is 15.8. The molecule has 1 aromatic heterocycles. The van der Waals surface area contributed by atoms with Crippen molar-refractivity contribution in [2.75, 3.05) is 0 Å². The molecule has 3 aromatic rings. The van der Waals surface area contributed by atoms with E-state index in [9.17, 15) is 0 Å². The topological polar surface area (TPSA) is 4.93 Å².